The molecule has 0 aromatic heterocycles. The number of piperidine rings is 2. The molecule has 0 saturated carbocycles. The van der Waals surface area contributed by atoms with Gasteiger partial charge in [0.1, 0.15) is 0 Å². The number of hydrogen-bond acceptors (Lipinski definition) is 4. The van der Waals surface area contributed by atoms with Gasteiger partial charge in [-0.15, -0.1) is 0 Å². The lowest BCUT2D eigenvalue weighted by atomic mass is 9.83. The van der Waals surface area contributed by atoms with Gasteiger partial charge in [-0.3, -0.25) is 14.4 Å². The summed E-state index contributed by atoms with van der Waals surface area (Å²) in [6.45, 7) is 7.00. The normalized spacial score (nSPS) is 28.8. The molecule has 6 heteroatoms. The van der Waals surface area contributed by atoms with Crippen molar-refractivity contribution in [1.82, 2.24) is 14.9 Å². The molecule has 0 radical (unpaired) electrons. The minimum atomic E-state index is 0.238. The number of hydroxylamine groups is 2. The summed E-state index contributed by atoms with van der Waals surface area (Å²) in [6, 6.07) is 0.348. The topological polar surface area (TPSA) is 53.1 Å². The Balaban J connectivity index is 1.49. The van der Waals surface area contributed by atoms with Crippen LogP contribution in [0.15, 0.2) is 0 Å². The Hall–Kier alpha value is -1.14. The molecule has 3 aliphatic rings. The van der Waals surface area contributed by atoms with E-state index in [2.05, 4.69) is 11.8 Å². The lowest BCUT2D eigenvalue weighted by Crippen LogP contribution is -2.57. The third-order valence-electron chi connectivity index (χ3n) is 5.61. The lowest BCUT2D eigenvalue weighted by molar-refractivity contribution is -0.183. The number of amides is 2. The van der Waals surface area contributed by atoms with Crippen LogP contribution in [0.3, 0.4) is 0 Å². The van der Waals surface area contributed by atoms with Crippen LogP contribution in [0, 0.1) is 5.92 Å². The largest absolute Gasteiger partial charge is 0.342 e. The van der Waals surface area contributed by atoms with Crippen molar-refractivity contribution < 1.29 is 14.4 Å². The minimum absolute atomic E-state index is 0.238. The highest BCUT2D eigenvalue weighted by atomic mass is 16.7. The van der Waals surface area contributed by atoms with Gasteiger partial charge in [0.05, 0.1) is 6.61 Å². The van der Waals surface area contributed by atoms with Crippen molar-refractivity contribution in [3.63, 3.8) is 0 Å². The van der Waals surface area contributed by atoms with Crippen LogP contribution in [0.4, 0.5) is 0 Å². The monoisotopic (exact) mass is 337 g/mol. The summed E-state index contributed by atoms with van der Waals surface area (Å²) in [5, 5.41) is 1.94. The Morgan fingerprint density at radius 3 is 2.83 bits per heavy atom. The second kappa shape index (κ2) is 8.30. The van der Waals surface area contributed by atoms with Gasteiger partial charge >= 0.3 is 0 Å². The molecule has 3 fully saturated rings. The Kier molecular flexibility index (Phi) is 6.11. The minimum Gasteiger partial charge on any atom is -0.342 e. The molecule has 0 N–H and O–H groups in total. The van der Waals surface area contributed by atoms with Crippen molar-refractivity contribution in [3.05, 3.63) is 0 Å². The summed E-state index contributed by atoms with van der Waals surface area (Å²) < 4.78 is 0. The van der Waals surface area contributed by atoms with Crippen molar-refractivity contribution in [3.8, 4) is 0 Å². The van der Waals surface area contributed by atoms with E-state index in [0.29, 0.717) is 37.3 Å². The van der Waals surface area contributed by atoms with E-state index in [-0.39, 0.29) is 5.91 Å². The smallest absolute Gasteiger partial charge is 0.223 e. The molecular formula is C18H31N3O3. The first-order chi connectivity index (χ1) is 11.7. The molecule has 2 amide bonds. The number of carbonyl (C=O) groups excluding carboxylic acids is 2. The molecule has 0 spiro atoms. The molecule has 2 atom stereocenters. The van der Waals surface area contributed by atoms with Crippen LogP contribution in [-0.4, -0.2) is 72.0 Å². The number of rotatable bonds is 5. The summed E-state index contributed by atoms with van der Waals surface area (Å²) in [4.78, 5) is 34.4. The molecule has 0 aliphatic carbocycles. The highest BCUT2D eigenvalue weighted by molar-refractivity contribution is 5.78. The van der Waals surface area contributed by atoms with Gasteiger partial charge in [0.15, 0.2) is 0 Å². The van der Waals surface area contributed by atoms with Crippen LogP contribution in [0.5, 0.6) is 0 Å². The van der Waals surface area contributed by atoms with Crippen molar-refractivity contribution in [2.75, 3.05) is 39.3 Å². The average molecular weight is 337 g/mol. The molecule has 136 valence electrons. The Labute approximate surface area is 145 Å². The molecule has 0 bridgehead atoms. The molecular weight excluding hydrogens is 306 g/mol. The number of nitrogens with zero attached hydrogens (tertiary/aromatic N) is 3. The predicted octanol–water partition coefficient (Wildman–Crippen LogP) is 1.65. The van der Waals surface area contributed by atoms with Gasteiger partial charge in [0, 0.05) is 51.6 Å². The Bertz CT molecular complexity index is 451. The van der Waals surface area contributed by atoms with E-state index in [4.69, 9.17) is 4.84 Å². The molecule has 0 unspecified atom stereocenters. The first-order valence-corrected chi connectivity index (χ1v) is 9.64. The highest BCUT2D eigenvalue weighted by Crippen LogP contribution is 2.31. The quantitative estimate of drug-likeness (QED) is 0.765. The van der Waals surface area contributed by atoms with Crippen LogP contribution in [0.25, 0.3) is 0 Å². The van der Waals surface area contributed by atoms with Gasteiger partial charge in [-0.05, 0) is 38.0 Å². The van der Waals surface area contributed by atoms with Crippen molar-refractivity contribution in [1.29, 1.82) is 0 Å². The predicted molar refractivity (Wildman–Crippen MR) is 91.1 cm³/mol. The van der Waals surface area contributed by atoms with E-state index in [0.717, 1.165) is 64.9 Å². The number of carbonyl (C=O) groups is 2. The fourth-order valence-electron chi connectivity index (χ4n) is 4.31. The van der Waals surface area contributed by atoms with Gasteiger partial charge < -0.3 is 9.80 Å². The summed E-state index contributed by atoms with van der Waals surface area (Å²) >= 11 is 0. The lowest BCUT2D eigenvalue weighted by Gasteiger charge is -2.47. The zero-order valence-electron chi connectivity index (χ0n) is 14.9. The van der Waals surface area contributed by atoms with E-state index < -0.39 is 0 Å². The first-order valence-electron chi connectivity index (χ1n) is 9.64. The fourth-order valence-corrected chi connectivity index (χ4v) is 4.31. The average Bonchev–Trinajstić information content (AvgIpc) is 2.62. The molecule has 3 saturated heterocycles. The second-order valence-corrected chi connectivity index (χ2v) is 7.30. The first kappa shape index (κ1) is 17.7. The summed E-state index contributed by atoms with van der Waals surface area (Å²) in [7, 11) is 0. The molecule has 24 heavy (non-hydrogen) atoms. The summed E-state index contributed by atoms with van der Waals surface area (Å²) in [5.41, 5.74) is 0. The number of hydrogen-bond donors (Lipinski definition) is 0. The molecule has 3 heterocycles. The second-order valence-electron chi connectivity index (χ2n) is 7.30. The van der Waals surface area contributed by atoms with Crippen LogP contribution < -0.4 is 0 Å². The molecule has 0 aromatic carbocycles. The maximum atomic E-state index is 12.5. The van der Waals surface area contributed by atoms with Gasteiger partial charge in [-0.25, -0.2) is 0 Å². The van der Waals surface area contributed by atoms with Crippen molar-refractivity contribution >= 4 is 11.8 Å². The van der Waals surface area contributed by atoms with Gasteiger partial charge in [-0.1, -0.05) is 6.92 Å². The zero-order valence-corrected chi connectivity index (χ0v) is 14.9. The summed E-state index contributed by atoms with van der Waals surface area (Å²) in [5.74, 6) is 1.000. The molecule has 3 rings (SSSR count). The maximum absolute atomic E-state index is 12.5. The van der Waals surface area contributed by atoms with Gasteiger partial charge in [0.2, 0.25) is 11.8 Å². The molecule has 3 aliphatic heterocycles. The maximum Gasteiger partial charge on any atom is 0.223 e. The van der Waals surface area contributed by atoms with Crippen molar-refractivity contribution in [2.24, 2.45) is 5.92 Å². The Morgan fingerprint density at radius 2 is 2.08 bits per heavy atom. The van der Waals surface area contributed by atoms with E-state index in [1.54, 1.807) is 0 Å². The summed E-state index contributed by atoms with van der Waals surface area (Å²) in [6.07, 6.45) is 6.33. The SMILES string of the molecule is CCCN1C(=O)CC[C@H]2CN(C(=O)CCN3CCCCO3)CC[C@H]21. The van der Waals surface area contributed by atoms with Crippen LogP contribution in [-0.2, 0) is 14.4 Å². The van der Waals surface area contributed by atoms with Crippen molar-refractivity contribution in [2.45, 2.75) is 57.9 Å². The van der Waals surface area contributed by atoms with E-state index >= 15 is 0 Å². The standard InChI is InChI=1S/C18H31N3O3/c1-2-9-21-16-7-11-19(14-15(16)5-6-18(21)23)17(22)8-12-20-10-3-4-13-24-20/h15-16H,2-14H2,1H3/t15-,16+/m0/s1. The van der Waals surface area contributed by atoms with Gasteiger partial charge in [0.25, 0.3) is 0 Å². The fraction of sp³-hybridized carbons (Fsp3) is 0.889. The Morgan fingerprint density at radius 1 is 1.21 bits per heavy atom. The molecule has 6 nitrogen and oxygen atoms in total. The number of fused-ring (bicyclic) bond motifs is 1. The highest BCUT2D eigenvalue weighted by Gasteiger charge is 2.39. The van der Waals surface area contributed by atoms with E-state index in [1.165, 1.54) is 0 Å². The van der Waals surface area contributed by atoms with Crippen LogP contribution in [0.2, 0.25) is 0 Å². The van der Waals surface area contributed by atoms with E-state index in [1.807, 2.05) is 9.96 Å². The third kappa shape index (κ3) is 4.09. The van der Waals surface area contributed by atoms with Crippen LogP contribution >= 0.6 is 0 Å². The third-order valence-corrected chi connectivity index (χ3v) is 5.61. The number of likely N-dealkylation sites (tertiary alicyclic amines) is 2. The van der Waals surface area contributed by atoms with E-state index in [9.17, 15) is 9.59 Å². The molecule has 0 aromatic rings. The van der Waals surface area contributed by atoms with Crippen LogP contribution in [0.1, 0.15) is 51.9 Å². The van der Waals surface area contributed by atoms with Gasteiger partial charge in [-0.2, -0.15) is 5.06 Å². The zero-order chi connectivity index (χ0) is 16.9.